The van der Waals surface area contributed by atoms with Crippen LogP contribution in [0.5, 0.6) is 0 Å². The molecule has 0 unspecified atom stereocenters. The van der Waals surface area contributed by atoms with E-state index in [0.29, 0.717) is 17.6 Å². The third-order valence-electron chi connectivity index (χ3n) is 6.96. The molecule has 136 valence electrons. The van der Waals surface area contributed by atoms with E-state index in [1.807, 2.05) is 6.07 Å². The molecule has 0 radical (unpaired) electrons. The number of pyridine rings is 1. The summed E-state index contributed by atoms with van der Waals surface area (Å²) in [5, 5.41) is 2.99. The van der Waals surface area contributed by atoms with Crippen molar-refractivity contribution < 1.29 is 4.79 Å². The zero-order chi connectivity index (χ0) is 17.7. The number of hydrogen-bond acceptors (Lipinski definition) is 3. The summed E-state index contributed by atoms with van der Waals surface area (Å²) in [6.45, 7) is 0.655. The molecule has 0 spiro atoms. The molecule has 4 aliphatic rings. The van der Waals surface area contributed by atoms with Gasteiger partial charge in [-0.1, -0.05) is 6.07 Å². The molecule has 0 saturated heterocycles. The van der Waals surface area contributed by atoms with Gasteiger partial charge in [-0.2, -0.15) is 0 Å². The summed E-state index contributed by atoms with van der Waals surface area (Å²) in [4.78, 5) is 29.3. The lowest BCUT2D eigenvalue weighted by atomic mass is 9.49. The van der Waals surface area contributed by atoms with Gasteiger partial charge in [0.15, 0.2) is 0 Å². The van der Waals surface area contributed by atoms with Gasteiger partial charge in [0, 0.05) is 18.9 Å². The molecule has 0 atom stereocenters. The second-order valence-electron chi connectivity index (χ2n) is 8.83. The van der Waals surface area contributed by atoms with E-state index in [1.54, 1.807) is 18.3 Å². The maximum Gasteiger partial charge on any atom is 0.270 e. The lowest BCUT2D eigenvalue weighted by Crippen LogP contribution is -2.47. The Morgan fingerprint density at radius 3 is 2.54 bits per heavy atom. The molecule has 0 aliphatic heterocycles. The number of rotatable bonds is 4. The van der Waals surface area contributed by atoms with Gasteiger partial charge in [0.2, 0.25) is 0 Å². The third-order valence-corrected chi connectivity index (χ3v) is 6.96. The first-order valence-electron chi connectivity index (χ1n) is 9.86. The van der Waals surface area contributed by atoms with Crippen molar-refractivity contribution in [2.24, 2.45) is 23.2 Å². The van der Waals surface area contributed by atoms with Crippen LogP contribution in [0.25, 0.3) is 5.65 Å². The Balaban J connectivity index is 1.27. The van der Waals surface area contributed by atoms with Gasteiger partial charge >= 0.3 is 0 Å². The van der Waals surface area contributed by atoms with Crippen LogP contribution in [0.15, 0.2) is 35.4 Å². The van der Waals surface area contributed by atoms with Crippen molar-refractivity contribution in [2.75, 3.05) is 6.54 Å². The molecule has 6 rings (SSSR count). The molecule has 26 heavy (non-hydrogen) atoms. The van der Waals surface area contributed by atoms with E-state index in [0.717, 1.165) is 24.2 Å². The number of fused-ring (bicyclic) bond motifs is 1. The lowest BCUT2D eigenvalue weighted by molar-refractivity contribution is -0.0564. The highest BCUT2D eigenvalue weighted by atomic mass is 16.2. The molecule has 0 aromatic carbocycles. The van der Waals surface area contributed by atoms with Gasteiger partial charge < -0.3 is 5.32 Å². The average Bonchev–Trinajstić information content (AvgIpc) is 2.61. The third kappa shape index (κ3) is 2.65. The molecule has 5 nitrogen and oxygen atoms in total. The minimum Gasteiger partial charge on any atom is -0.352 e. The van der Waals surface area contributed by atoms with Gasteiger partial charge in [-0.25, -0.2) is 4.98 Å². The summed E-state index contributed by atoms with van der Waals surface area (Å²) in [5.41, 5.74) is 0.823. The number of aromatic nitrogens is 2. The molecule has 4 bridgehead atoms. The van der Waals surface area contributed by atoms with E-state index in [9.17, 15) is 9.59 Å². The van der Waals surface area contributed by atoms with Crippen LogP contribution in [0.1, 0.15) is 55.3 Å². The predicted molar refractivity (Wildman–Crippen MR) is 99.0 cm³/mol. The largest absolute Gasteiger partial charge is 0.352 e. The zero-order valence-electron chi connectivity index (χ0n) is 15.0. The van der Waals surface area contributed by atoms with Crippen LogP contribution in [-0.2, 0) is 0 Å². The van der Waals surface area contributed by atoms with Crippen LogP contribution in [0.3, 0.4) is 0 Å². The highest BCUT2D eigenvalue weighted by Crippen LogP contribution is 2.61. The summed E-state index contributed by atoms with van der Waals surface area (Å²) in [6.07, 6.45) is 12.4. The van der Waals surface area contributed by atoms with Gasteiger partial charge in [0.05, 0.1) is 0 Å². The first-order valence-corrected chi connectivity index (χ1v) is 9.86. The van der Waals surface area contributed by atoms with Crippen molar-refractivity contribution in [3.05, 3.63) is 46.5 Å². The average molecular weight is 351 g/mol. The lowest BCUT2D eigenvalue weighted by Gasteiger charge is -2.57. The minimum absolute atomic E-state index is 0.124. The van der Waals surface area contributed by atoms with Gasteiger partial charge in [0.25, 0.3) is 11.5 Å². The molecule has 4 aliphatic carbocycles. The summed E-state index contributed by atoms with van der Waals surface area (Å²) in [7, 11) is 0. The van der Waals surface area contributed by atoms with Crippen molar-refractivity contribution in [2.45, 2.75) is 44.9 Å². The predicted octanol–water partition coefficient (Wildman–Crippen LogP) is 3.03. The number of nitrogens with one attached hydrogen (secondary N) is 1. The number of carbonyl (C=O) groups is 1. The smallest absolute Gasteiger partial charge is 0.270 e. The van der Waals surface area contributed by atoms with Crippen LogP contribution < -0.4 is 10.9 Å². The fourth-order valence-electron chi connectivity index (χ4n) is 6.32. The van der Waals surface area contributed by atoms with Crippen LogP contribution in [0.4, 0.5) is 0 Å². The molecule has 2 aromatic rings. The van der Waals surface area contributed by atoms with Gasteiger partial charge in [-0.15, -0.1) is 0 Å². The fourth-order valence-corrected chi connectivity index (χ4v) is 6.32. The maximum atomic E-state index is 12.5. The standard InChI is InChI=1S/C21H25N3O2/c25-19(17-13-23-18-3-1-2-6-24(18)20(17)26)22-5-4-21-10-14-7-15(11-21)9-16(8-14)12-21/h1-3,6,13-16H,4-5,7-12H2,(H,22,25). The Morgan fingerprint density at radius 1 is 1.15 bits per heavy atom. The molecule has 4 saturated carbocycles. The molecule has 5 heteroatoms. The van der Waals surface area contributed by atoms with Gasteiger partial charge in [-0.3, -0.25) is 14.0 Å². The van der Waals surface area contributed by atoms with E-state index >= 15 is 0 Å². The van der Waals surface area contributed by atoms with Crippen LogP contribution in [-0.4, -0.2) is 21.8 Å². The van der Waals surface area contributed by atoms with Gasteiger partial charge in [0.1, 0.15) is 11.2 Å². The number of amides is 1. The zero-order valence-corrected chi connectivity index (χ0v) is 15.0. The maximum absolute atomic E-state index is 12.5. The van der Waals surface area contributed by atoms with E-state index in [4.69, 9.17) is 0 Å². The van der Waals surface area contributed by atoms with Crippen molar-refractivity contribution in [3.63, 3.8) is 0 Å². The molecule has 1 N–H and O–H groups in total. The van der Waals surface area contributed by atoms with Crippen LogP contribution >= 0.6 is 0 Å². The van der Waals surface area contributed by atoms with E-state index < -0.39 is 0 Å². The van der Waals surface area contributed by atoms with E-state index in [2.05, 4.69) is 10.3 Å². The molecule has 1 amide bonds. The molecule has 4 fully saturated rings. The SMILES string of the molecule is O=C(NCCC12CC3CC(CC(C3)C1)C2)c1cnc2ccccn2c1=O. The number of nitrogens with zero attached hydrogens (tertiary/aromatic N) is 2. The molecular formula is C21H25N3O2. The summed E-state index contributed by atoms with van der Waals surface area (Å²) >= 11 is 0. The highest BCUT2D eigenvalue weighted by Gasteiger charge is 2.50. The summed E-state index contributed by atoms with van der Waals surface area (Å²) < 4.78 is 1.42. The quantitative estimate of drug-likeness (QED) is 0.921. The monoisotopic (exact) mass is 351 g/mol. The van der Waals surface area contributed by atoms with Crippen LogP contribution in [0, 0.1) is 23.2 Å². The highest BCUT2D eigenvalue weighted by molar-refractivity contribution is 5.93. The van der Waals surface area contributed by atoms with E-state index in [-0.39, 0.29) is 17.0 Å². The van der Waals surface area contributed by atoms with Gasteiger partial charge in [-0.05, 0) is 80.2 Å². The van der Waals surface area contributed by atoms with Crippen molar-refractivity contribution >= 4 is 11.6 Å². The van der Waals surface area contributed by atoms with Crippen LogP contribution in [0.2, 0.25) is 0 Å². The van der Waals surface area contributed by atoms with E-state index in [1.165, 1.54) is 49.1 Å². The fraction of sp³-hybridized carbons (Fsp3) is 0.571. The topological polar surface area (TPSA) is 63.5 Å². The van der Waals surface area contributed by atoms with Crippen molar-refractivity contribution in [1.82, 2.24) is 14.7 Å². The Labute approximate surface area is 152 Å². The number of hydrogen-bond donors (Lipinski definition) is 1. The first-order chi connectivity index (χ1) is 12.6. The molecule has 2 aromatic heterocycles. The Hall–Kier alpha value is -2.17. The Morgan fingerprint density at radius 2 is 1.85 bits per heavy atom. The summed E-state index contributed by atoms with van der Waals surface area (Å²) in [5.74, 6) is 2.47. The summed E-state index contributed by atoms with van der Waals surface area (Å²) in [6, 6.07) is 5.36. The molecule has 2 heterocycles. The van der Waals surface area contributed by atoms with Crippen molar-refractivity contribution in [1.29, 1.82) is 0 Å². The second kappa shape index (κ2) is 5.93. The normalized spacial score (nSPS) is 32.1. The Kier molecular flexibility index (Phi) is 3.66. The van der Waals surface area contributed by atoms with Crippen molar-refractivity contribution in [3.8, 4) is 0 Å². The first kappa shape index (κ1) is 16.0. The minimum atomic E-state index is -0.303. The molecular weight excluding hydrogens is 326 g/mol. The Bertz CT molecular complexity index is 882. The second-order valence-corrected chi connectivity index (χ2v) is 8.83. The number of carbonyl (C=O) groups excluding carboxylic acids is 1.